The van der Waals surface area contributed by atoms with Crippen LogP contribution in [-0.2, 0) is 32.2 Å². The maximum Gasteiger partial charge on any atom is 0.243 e. The molecule has 5 N–H and O–H groups in total. The van der Waals surface area contributed by atoms with Crippen LogP contribution in [0.5, 0.6) is 0 Å². The number of carbonyl (C=O) groups is 2. The van der Waals surface area contributed by atoms with Gasteiger partial charge in [-0.15, -0.1) is 0 Å². The molecule has 0 aromatic heterocycles. The summed E-state index contributed by atoms with van der Waals surface area (Å²) in [5, 5.41) is 31.1. The van der Waals surface area contributed by atoms with E-state index in [1.807, 2.05) is 72.8 Å². The normalized spacial score (nSPS) is 21.8. The summed E-state index contributed by atoms with van der Waals surface area (Å²) in [4.78, 5) is 25.8. The molecule has 0 unspecified atom stereocenters. The fourth-order valence-corrected chi connectivity index (χ4v) is 5.98. The van der Waals surface area contributed by atoms with Gasteiger partial charge >= 0.3 is 0 Å². The van der Waals surface area contributed by atoms with Gasteiger partial charge < -0.3 is 25.0 Å². The highest BCUT2D eigenvalue weighted by molar-refractivity contribution is 5.77. The third-order valence-electron chi connectivity index (χ3n) is 8.49. The number of benzene rings is 3. The number of hydrogen-bond donors (Lipinski definition) is 5. The van der Waals surface area contributed by atoms with Gasteiger partial charge in [0.2, 0.25) is 11.8 Å². The van der Waals surface area contributed by atoms with E-state index < -0.39 is 12.2 Å². The zero-order chi connectivity index (χ0) is 31.6. The van der Waals surface area contributed by atoms with Gasteiger partial charge in [0, 0.05) is 51.0 Å². The Bertz CT molecular complexity index is 1400. The van der Waals surface area contributed by atoms with Crippen LogP contribution in [0.3, 0.4) is 0 Å². The number of hydroxylamine groups is 1. The maximum absolute atomic E-state index is 12.4. The molecule has 2 aliphatic rings. The molecule has 3 aromatic rings. The van der Waals surface area contributed by atoms with Gasteiger partial charge in [-0.1, -0.05) is 72.8 Å². The quantitative estimate of drug-likeness (QED) is 0.110. The molecular weight excluding hydrogens is 574 g/mol. The zero-order valence-corrected chi connectivity index (χ0v) is 25.4. The number of aliphatic hydroxyl groups excluding tert-OH is 2. The molecule has 3 aromatic carbocycles. The number of β-amino-alcohol motifs (C(OH)–C–C–N with tert-alkyl or cyclic N) is 1. The van der Waals surface area contributed by atoms with Gasteiger partial charge in [0.05, 0.1) is 24.9 Å². The Balaban J connectivity index is 1.25. The lowest BCUT2D eigenvalue weighted by atomic mass is 9.97. The van der Waals surface area contributed by atoms with Gasteiger partial charge in [0.1, 0.15) is 0 Å². The second-order valence-electron chi connectivity index (χ2n) is 11.9. The van der Waals surface area contributed by atoms with Crippen LogP contribution in [0.1, 0.15) is 73.2 Å². The van der Waals surface area contributed by atoms with Gasteiger partial charge in [-0.2, -0.15) is 0 Å². The second-order valence-corrected chi connectivity index (χ2v) is 11.9. The van der Waals surface area contributed by atoms with Crippen LogP contribution >= 0.6 is 0 Å². The molecule has 10 nitrogen and oxygen atoms in total. The fourth-order valence-electron chi connectivity index (χ4n) is 5.98. The van der Waals surface area contributed by atoms with Crippen molar-refractivity contribution in [2.45, 2.75) is 76.3 Å². The van der Waals surface area contributed by atoms with Gasteiger partial charge in [-0.25, -0.2) is 5.48 Å². The zero-order valence-electron chi connectivity index (χ0n) is 25.4. The smallest absolute Gasteiger partial charge is 0.243 e. The molecular formula is C35H43N3O7. The van der Waals surface area contributed by atoms with Crippen LogP contribution in [0, 0.1) is 0 Å². The summed E-state index contributed by atoms with van der Waals surface area (Å²) in [5.74, 6) is -0.539. The van der Waals surface area contributed by atoms with Crippen LogP contribution in [0.15, 0.2) is 72.8 Å². The highest BCUT2D eigenvalue weighted by atomic mass is 16.7. The summed E-state index contributed by atoms with van der Waals surface area (Å²) >= 11 is 0. The first-order valence-corrected chi connectivity index (χ1v) is 15.7. The molecule has 0 spiro atoms. The minimum absolute atomic E-state index is 0.00725. The molecule has 2 aliphatic heterocycles. The Labute approximate surface area is 263 Å². The highest BCUT2D eigenvalue weighted by Crippen LogP contribution is 2.39. The predicted octanol–water partition coefficient (Wildman–Crippen LogP) is 4.14. The molecule has 2 amide bonds. The number of rotatable bonds is 13. The topological polar surface area (TPSA) is 141 Å². The number of hydrogen-bond acceptors (Lipinski definition) is 8. The van der Waals surface area contributed by atoms with E-state index in [4.69, 9.17) is 14.7 Å². The lowest BCUT2D eigenvalue weighted by Crippen LogP contribution is -2.38. The predicted molar refractivity (Wildman–Crippen MR) is 168 cm³/mol. The Morgan fingerprint density at radius 3 is 2.29 bits per heavy atom. The van der Waals surface area contributed by atoms with Crippen molar-refractivity contribution in [3.05, 3.63) is 95.1 Å². The molecule has 0 aliphatic carbocycles. The highest BCUT2D eigenvalue weighted by Gasteiger charge is 2.34. The van der Waals surface area contributed by atoms with Crippen molar-refractivity contribution in [2.24, 2.45) is 0 Å². The molecule has 2 heterocycles. The molecule has 2 saturated heterocycles. The standard InChI is InChI=1S/C35H43N3O7/c39-23-24-9-11-26(12-10-24)32-19-30(22-38-18-17-29(40)21-38)44-35(45-32)27-15-13-25(14-16-27)31-6-2-1-5-28(31)20-36-33(41)7-3-4-8-34(42)37-43/h1-2,5-6,9-16,29-30,32,35,39-40,43H,3-4,7-8,17-23H2,(H,36,41)(H,37,42)/t29-,30-,32+,35+/m0/s1. The SMILES string of the molecule is O=C(CCCCC(=O)NCc1ccccc1-c1ccc([C@@H]2O[C@H](CN3CC[C@H](O)C3)C[C@H](c3ccc(CO)cc3)O2)cc1)NO. The van der Waals surface area contributed by atoms with Crippen LogP contribution in [0.25, 0.3) is 11.1 Å². The van der Waals surface area contributed by atoms with E-state index in [1.165, 1.54) is 0 Å². The fraction of sp³-hybridized carbons (Fsp3) is 0.429. The molecule has 2 fully saturated rings. The van der Waals surface area contributed by atoms with E-state index in [0.29, 0.717) is 38.8 Å². The first-order valence-electron chi connectivity index (χ1n) is 15.7. The number of carbonyl (C=O) groups excluding carboxylic acids is 2. The van der Waals surface area contributed by atoms with Crippen LogP contribution in [0.4, 0.5) is 0 Å². The number of amides is 2. The summed E-state index contributed by atoms with van der Waals surface area (Å²) in [6.07, 6.45) is 1.93. The van der Waals surface area contributed by atoms with E-state index in [9.17, 15) is 19.8 Å². The van der Waals surface area contributed by atoms with Gasteiger partial charge in [0.25, 0.3) is 0 Å². The summed E-state index contributed by atoms with van der Waals surface area (Å²) < 4.78 is 13.0. The molecule has 10 heteroatoms. The Kier molecular flexibility index (Phi) is 11.7. The molecule has 4 atom stereocenters. The van der Waals surface area contributed by atoms with Crippen molar-refractivity contribution in [3.63, 3.8) is 0 Å². The second kappa shape index (κ2) is 16.1. The minimum atomic E-state index is -0.564. The van der Waals surface area contributed by atoms with E-state index in [0.717, 1.165) is 52.9 Å². The van der Waals surface area contributed by atoms with Crippen molar-refractivity contribution in [3.8, 4) is 11.1 Å². The molecule has 0 saturated carbocycles. The van der Waals surface area contributed by atoms with Crippen molar-refractivity contribution < 1.29 is 34.5 Å². The van der Waals surface area contributed by atoms with Gasteiger partial charge in [-0.3, -0.25) is 19.7 Å². The Morgan fingerprint density at radius 2 is 1.60 bits per heavy atom. The Hall–Kier alpha value is -3.64. The third kappa shape index (κ3) is 9.20. The van der Waals surface area contributed by atoms with Crippen molar-refractivity contribution in [2.75, 3.05) is 19.6 Å². The molecule has 0 bridgehead atoms. The number of ether oxygens (including phenoxy) is 2. The number of unbranched alkanes of at least 4 members (excludes halogenated alkanes) is 1. The lowest BCUT2D eigenvalue weighted by Gasteiger charge is -2.38. The van der Waals surface area contributed by atoms with Gasteiger partial charge in [0.15, 0.2) is 6.29 Å². The van der Waals surface area contributed by atoms with Gasteiger partial charge in [-0.05, 0) is 47.1 Å². The van der Waals surface area contributed by atoms with Crippen LogP contribution in [0.2, 0.25) is 0 Å². The number of likely N-dealkylation sites (tertiary alicyclic amines) is 1. The summed E-state index contributed by atoms with van der Waals surface area (Å²) in [6.45, 7) is 2.59. The van der Waals surface area contributed by atoms with Crippen molar-refractivity contribution in [1.82, 2.24) is 15.7 Å². The molecule has 0 radical (unpaired) electrons. The molecule has 45 heavy (non-hydrogen) atoms. The average molecular weight is 618 g/mol. The van der Waals surface area contributed by atoms with Crippen LogP contribution < -0.4 is 10.8 Å². The third-order valence-corrected chi connectivity index (χ3v) is 8.49. The first-order chi connectivity index (χ1) is 21.9. The molecule has 5 rings (SSSR count). The number of aliphatic hydroxyl groups is 2. The molecule has 240 valence electrons. The number of nitrogens with one attached hydrogen (secondary N) is 2. The first kappa shape index (κ1) is 32.7. The summed E-state index contributed by atoms with van der Waals surface area (Å²) in [5.41, 5.74) is 7.41. The van der Waals surface area contributed by atoms with Crippen molar-refractivity contribution >= 4 is 11.8 Å². The van der Waals surface area contributed by atoms with E-state index in [2.05, 4.69) is 10.2 Å². The van der Waals surface area contributed by atoms with E-state index in [-0.39, 0.29) is 37.2 Å². The lowest BCUT2D eigenvalue weighted by molar-refractivity contribution is -0.252. The largest absolute Gasteiger partial charge is 0.392 e. The van der Waals surface area contributed by atoms with E-state index >= 15 is 0 Å². The summed E-state index contributed by atoms with van der Waals surface area (Å²) in [7, 11) is 0. The van der Waals surface area contributed by atoms with Crippen molar-refractivity contribution in [1.29, 1.82) is 0 Å². The Morgan fingerprint density at radius 1 is 0.889 bits per heavy atom. The monoisotopic (exact) mass is 617 g/mol. The average Bonchev–Trinajstić information content (AvgIpc) is 3.49. The minimum Gasteiger partial charge on any atom is -0.392 e. The summed E-state index contributed by atoms with van der Waals surface area (Å²) in [6, 6.07) is 23.9. The van der Waals surface area contributed by atoms with E-state index in [1.54, 1.807) is 5.48 Å². The van der Waals surface area contributed by atoms with Crippen LogP contribution in [-0.4, -0.2) is 64.0 Å². The maximum atomic E-state index is 12.4. The number of nitrogens with zero attached hydrogens (tertiary/aromatic N) is 1.